The number of rotatable bonds is 5. The number of nitrogens with one attached hydrogen (secondary N) is 1. The van der Waals surface area contributed by atoms with E-state index in [0.29, 0.717) is 16.3 Å². The van der Waals surface area contributed by atoms with Crippen molar-refractivity contribution in [2.24, 2.45) is 0 Å². The lowest BCUT2D eigenvalue weighted by Crippen LogP contribution is -2.14. The fourth-order valence-electron chi connectivity index (χ4n) is 2.46. The highest BCUT2D eigenvalue weighted by Gasteiger charge is 2.23. The van der Waals surface area contributed by atoms with Crippen LogP contribution in [-0.2, 0) is 10.0 Å². The van der Waals surface area contributed by atoms with Crippen LogP contribution in [0, 0.1) is 13.8 Å². The lowest BCUT2D eigenvalue weighted by Gasteiger charge is -2.13. The van der Waals surface area contributed by atoms with Crippen molar-refractivity contribution in [3.05, 3.63) is 58.7 Å². The van der Waals surface area contributed by atoms with Crippen molar-refractivity contribution < 1.29 is 17.7 Å². The summed E-state index contributed by atoms with van der Waals surface area (Å²) in [5.41, 5.74) is 2.46. The van der Waals surface area contributed by atoms with Gasteiger partial charge in [-0.2, -0.15) is 0 Å². The minimum Gasteiger partial charge on any atom is -0.495 e. The van der Waals surface area contributed by atoms with Crippen LogP contribution in [0.5, 0.6) is 5.75 Å². The Labute approximate surface area is 156 Å². The molecule has 3 rings (SSSR count). The highest BCUT2D eigenvalue weighted by atomic mass is 35.5. The van der Waals surface area contributed by atoms with Crippen LogP contribution >= 0.6 is 11.6 Å². The van der Waals surface area contributed by atoms with E-state index in [1.165, 1.54) is 13.2 Å². The molecule has 0 radical (unpaired) electrons. The molecule has 0 bridgehead atoms. The van der Waals surface area contributed by atoms with E-state index >= 15 is 0 Å². The molecule has 2 aromatic carbocycles. The third kappa shape index (κ3) is 3.40. The normalized spacial score (nSPS) is 11.4. The zero-order valence-corrected chi connectivity index (χ0v) is 16.0. The van der Waals surface area contributed by atoms with E-state index in [9.17, 15) is 8.42 Å². The molecule has 26 heavy (non-hydrogen) atoms. The molecular weight excluding hydrogens is 376 g/mol. The summed E-state index contributed by atoms with van der Waals surface area (Å²) in [5, 5.41) is 4.22. The molecule has 0 spiro atoms. The van der Waals surface area contributed by atoms with Gasteiger partial charge < -0.3 is 9.26 Å². The second kappa shape index (κ2) is 7.01. The second-order valence-corrected chi connectivity index (χ2v) is 7.73. The van der Waals surface area contributed by atoms with Crippen molar-refractivity contribution >= 4 is 27.3 Å². The first-order valence-electron chi connectivity index (χ1n) is 7.72. The number of benzene rings is 2. The van der Waals surface area contributed by atoms with Gasteiger partial charge in [0, 0.05) is 11.1 Å². The molecule has 0 aliphatic heterocycles. The third-order valence-corrected chi connectivity index (χ3v) is 5.71. The number of para-hydroxylation sites is 1. The number of methoxy groups -OCH3 is 1. The van der Waals surface area contributed by atoms with E-state index in [1.807, 2.05) is 13.8 Å². The van der Waals surface area contributed by atoms with Crippen LogP contribution in [0.3, 0.4) is 0 Å². The number of hydrogen-bond acceptors (Lipinski definition) is 5. The van der Waals surface area contributed by atoms with Crippen molar-refractivity contribution in [1.29, 1.82) is 0 Å². The Morgan fingerprint density at radius 1 is 1.15 bits per heavy atom. The van der Waals surface area contributed by atoms with Gasteiger partial charge in [-0.3, -0.25) is 4.72 Å². The van der Waals surface area contributed by atoms with Crippen LogP contribution in [0.2, 0.25) is 5.02 Å². The van der Waals surface area contributed by atoms with Gasteiger partial charge in [0.2, 0.25) is 0 Å². The number of nitrogens with zero attached hydrogens (tertiary/aromatic N) is 1. The summed E-state index contributed by atoms with van der Waals surface area (Å²) in [4.78, 5) is -0.0223. The van der Waals surface area contributed by atoms with E-state index in [0.717, 1.165) is 11.3 Å². The van der Waals surface area contributed by atoms with E-state index in [2.05, 4.69) is 9.88 Å². The molecule has 136 valence electrons. The maximum Gasteiger partial charge on any atom is 0.265 e. The number of aryl methyl sites for hydroxylation is 1. The van der Waals surface area contributed by atoms with Crippen molar-refractivity contribution in [2.45, 2.75) is 18.7 Å². The van der Waals surface area contributed by atoms with Crippen LogP contribution in [0.25, 0.3) is 11.3 Å². The number of halogens is 1. The molecule has 0 fully saturated rings. The zero-order chi connectivity index (χ0) is 18.9. The van der Waals surface area contributed by atoms with Gasteiger partial charge in [0.1, 0.15) is 10.6 Å². The first-order valence-corrected chi connectivity index (χ1v) is 9.58. The summed E-state index contributed by atoms with van der Waals surface area (Å²) >= 11 is 6.06. The molecular formula is C18H17ClN2O4S. The number of anilines is 1. The standard InChI is InChI=1S/C18H17ClN2O4S/c1-11-12(2)20-25-18(11)13-8-9-16(24-3)17(10-13)26(22,23)21-15-7-5-4-6-14(15)19/h4-10,21H,1-3H3. The largest absolute Gasteiger partial charge is 0.495 e. The Morgan fingerprint density at radius 2 is 1.88 bits per heavy atom. The Bertz CT molecular complexity index is 1060. The van der Waals surface area contributed by atoms with Crippen molar-refractivity contribution in [1.82, 2.24) is 5.16 Å². The summed E-state index contributed by atoms with van der Waals surface area (Å²) in [7, 11) is -2.53. The average Bonchev–Trinajstić information content (AvgIpc) is 2.95. The van der Waals surface area contributed by atoms with Gasteiger partial charge in [0.15, 0.2) is 5.76 Å². The van der Waals surface area contributed by atoms with Gasteiger partial charge in [0.25, 0.3) is 10.0 Å². The lowest BCUT2D eigenvalue weighted by molar-refractivity contribution is 0.402. The first-order chi connectivity index (χ1) is 12.3. The van der Waals surface area contributed by atoms with Crippen LogP contribution < -0.4 is 9.46 Å². The molecule has 8 heteroatoms. The number of aromatic nitrogens is 1. The number of sulfonamides is 1. The number of ether oxygens (including phenoxy) is 1. The van der Waals surface area contributed by atoms with Crippen LogP contribution in [0.15, 0.2) is 51.9 Å². The summed E-state index contributed by atoms with van der Waals surface area (Å²) < 4.78 is 38.9. The predicted molar refractivity (Wildman–Crippen MR) is 100 cm³/mol. The minimum atomic E-state index is -3.94. The number of hydrogen-bond donors (Lipinski definition) is 1. The van der Waals surface area contributed by atoms with Crippen molar-refractivity contribution in [3.63, 3.8) is 0 Å². The molecule has 1 heterocycles. The Balaban J connectivity index is 2.09. The fourth-order valence-corrected chi connectivity index (χ4v) is 3.97. The average molecular weight is 393 g/mol. The lowest BCUT2D eigenvalue weighted by atomic mass is 10.1. The molecule has 0 saturated carbocycles. The predicted octanol–water partition coefficient (Wildman–Crippen LogP) is 4.42. The second-order valence-electron chi connectivity index (χ2n) is 5.67. The topological polar surface area (TPSA) is 81.4 Å². The molecule has 0 amide bonds. The molecule has 0 saturated heterocycles. The quantitative estimate of drug-likeness (QED) is 0.695. The van der Waals surface area contributed by atoms with Crippen LogP contribution in [-0.4, -0.2) is 20.7 Å². The van der Waals surface area contributed by atoms with Gasteiger partial charge in [-0.1, -0.05) is 28.9 Å². The molecule has 0 aliphatic carbocycles. The summed E-state index contributed by atoms with van der Waals surface area (Å²) in [6.45, 7) is 3.68. The maximum absolute atomic E-state index is 12.9. The molecule has 1 N–H and O–H groups in total. The first kappa shape index (κ1) is 18.3. The Kier molecular flexibility index (Phi) is 4.93. The van der Waals surface area contributed by atoms with E-state index in [1.54, 1.807) is 36.4 Å². The van der Waals surface area contributed by atoms with Crippen LogP contribution in [0.4, 0.5) is 5.69 Å². The van der Waals surface area contributed by atoms with Gasteiger partial charge in [-0.25, -0.2) is 8.42 Å². The maximum atomic E-state index is 12.9. The molecule has 0 atom stereocenters. The van der Waals surface area contributed by atoms with Gasteiger partial charge in [0.05, 0.1) is 23.5 Å². The minimum absolute atomic E-state index is 0.0223. The zero-order valence-electron chi connectivity index (χ0n) is 14.4. The van der Waals surface area contributed by atoms with Crippen LogP contribution in [0.1, 0.15) is 11.3 Å². The van der Waals surface area contributed by atoms with Gasteiger partial charge >= 0.3 is 0 Å². The molecule has 3 aromatic rings. The Hall–Kier alpha value is -2.51. The Morgan fingerprint density at radius 3 is 2.50 bits per heavy atom. The van der Waals surface area contributed by atoms with E-state index < -0.39 is 10.0 Å². The highest BCUT2D eigenvalue weighted by molar-refractivity contribution is 7.92. The summed E-state index contributed by atoms with van der Waals surface area (Å²) in [6, 6.07) is 11.4. The highest BCUT2D eigenvalue weighted by Crippen LogP contribution is 2.34. The van der Waals surface area contributed by atoms with Gasteiger partial charge in [-0.15, -0.1) is 0 Å². The van der Waals surface area contributed by atoms with Crippen molar-refractivity contribution in [3.8, 4) is 17.1 Å². The SMILES string of the molecule is COc1ccc(-c2onc(C)c2C)cc1S(=O)(=O)Nc1ccccc1Cl. The smallest absolute Gasteiger partial charge is 0.265 e. The fraction of sp³-hybridized carbons (Fsp3) is 0.167. The summed E-state index contributed by atoms with van der Waals surface area (Å²) in [6.07, 6.45) is 0. The molecule has 1 aromatic heterocycles. The van der Waals surface area contributed by atoms with E-state index in [-0.39, 0.29) is 16.3 Å². The summed E-state index contributed by atoms with van der Waals surface area (Å²) in [5.74, 6) is 0.724. The third-order valence-electron chi connectivity index (χ3n) is 3.99. The molecule has 0 aliphatic rings. The molecule has 0 unspecified atom stereocenters. The monoisotopic (exact) mass is 392 g/mol. The van der Waals surface area contributed by atoms with Gasteiger partial charge in [-0.05, 0) is 44.2 Å². The molecule has 6 nitrogen and oxygen atoms in total. The van der Waals surface area contributed by atoms with Crippen molar-refractivity contribution in [2.75, 3.05) is 11.8 Å². The van der Waals surface area contributed by atoms with E-state index in [4.69, 9.17) is 20.9 Å².